The van der Waals surface area contributed by atoms with Crippen LogP contribution < -0.4 is 5.32 Å². The summed E-state index contributed by atoms with van der Waals surface area (Å²) in [5, 5.41) is 11.4. The van der Waals surface area contributed by atoms with E-state index in [0.29, 0.717) is 0 Å². The molecule has 0 radical (unpaired) electrons. The Hall–Kier alpha value is -1.63. The first-order valence-corrected chi connectivity index (χ1v) is 6.31. The first kappa shape index (κ1) is 18.4. The van der Waals surface area contributed by atoms with Crippen molar-refractivity contribution in [2.75, 3.05) is 13.7 Å². The molecule has 0 aliphatic heterocycles. The van der Waals surface area contributed by atoms with Crippen molar-refractivity contribution in [2.24, 2.45) is 5.92 Å². The molecule has 2 atom stereocenters. The molecule has 0 heterocycles. The van der Waals surface area contributed by atoms with E-state index in [1.54, 1.807) is 20.8 Å². The van der Waals surface area contributed by atoms with E-state index in [1.165, 1.54) is 14.0 Å². The highest BCUT2D eigenvalue weighted by molar-refractivity contribution is 5.90. The summed E-state index contributed by atoms with van der Waals surface area (Å²) in [6.07, 6.45) is -0.919. The maximum atomic E-state index is 11.8. The van der Waals surface area contributed by atoms with Crippen molar-refractivity contribution >= 4 is 17.8 Å². The quantitative estimate of drug-likeness (QED) is 0.696. The molecule has 0 spiro atoms. The number of Topliss-reactive ketones (excluding diaryl/α,β-unsaturated/α-hetero) is 1. The zero-order valence-electron chi connectivity index (χ0n) is 12.6. The van der Waals surface area contributed by atoms with Crippen LogP contribution in [0.25, 0.3) is 0 Å². The third kappa shape index (κ3) is 7.08. The molecule has 0 saturated heterocycles. The van der Waals surface area contributed by atoms with Crippen LogP contribution in [-0.4, -0.2) is 48.3 Å². The van der Waals surface area contributed by atoms with Gasteiger partial charge in [0.1, 0.15) is 5.60 Å². The van der Waals surface area contributed by atoms with Crippen LogP contribution in [0.15, 0.2) is 0 Å². The van der Waals surface area contributed by atoms with Gasteiger partial charge in [-0.3, -0.25) is 9.59 Å². The summed E-state index contributed by atoms with van der Waals surface area (Å²) < 4.78 is 9.48. The summed E-state index contributed by atoms with van der Waals surface area (Å²) >= 11 is 0. The SMILES string of the molecule is COC(=O)C(CO)CC(=O)[C@@H](C)NC(=O)OC(C)(C)C. The zero-order valence-corrected chi connectivity index (χ0v) is 12.6. The molecule has 0 aliphatic rings. The number of ketones is 1. The molecule has 1 amide bonds. The van der Waals surface area contributed by atoms with Gasteiger partial charge < -0.3 is 19.9 Å². The van der Waals surface area contributed by atoms with Crippen LogP contribution in [0, 0.1) is 5.92 Å². The Labute approximate surface area is 118 Å². The number of rotatable bonds is 6. The fourth-order valence-electron chi connectivity index (χ4n) is 1.37. The minimum absolute atomic E-state index is 0.208. The van der Waals surface area contributed by atoms with Gasteiger partial charge in [-0.25, -0.2) is 4.79 Å². The minimum Gasteiger partial charge on any atom is -0.469 e. The van der Waals surface area contributed by atoms with Gasteiger partial charge >= 0.3 is 12.1 Å². The lowest BCUT2D eigenvalue weighted by Gasteiger charge is -2.22. The number of aliphatic hydroxyl groups excluding tert-OH is 1. The summed E-state index contributed by atoms with van der Waals surface area (Å²) in [6, 6.07) is -0.816. The van der Waals surface area contributed by atoms with Gasteiger partial charge in [-0.15, -0.1) is 0 Å². The zero-order chi connectivity index (χ0) is 15.9. The molecule has 116 valence electrons. The van der Waals surface area contributed by atoms with Crippen LogP contribution in [0.2, 0.25) is 0 Å². The number of nitrogens with one attached hydrogen (secondary N) is 1. The number of ether oxygens (including phenoxy) is 2. The molecule has 0 aromatic carbocycles. The first-order valence-electron chi connectivity index (χ1n) is 6.31. The summed E-state index contributed by atoms with van der Waals surface area (Å²) in [7, 11) is 1.18. The molecule has 0 aromatic rings. The van der Waals surface area contributed by atoms with E-state index < -0.39 is 36.2 Å². The van der Waals surface area contributed by atoms with Crippen molar-refractivity contribution in [2.45, 2.75) is 45.8 Å². The number of aliphatic hydroxyl groups is 1. The normalized spacial score (nSPS) is 14.1. The Morgan fingerprint density at radius 1 is 1.25 bits per heavy atom. The Morgan fingerprint density at radius 3 is 2.20 bits per heavy atom. The average Bonchev–Trinajstić information content (AvgIpc) is 2.31. The average molecular weight is 289 g/mol. The van der Waals surface area contributed by atoms with E-state index in [0.717, 1.165) is 0 Å². The molecule has 0 bridgehead atoms. The van der Waals surface area contributed by atoms with Crippen LogP contribution in [0.5, 0.6) is 0 Å². The van der Waals surface area contributed by atoms with Crippen LogP contribution in [-0.2, 0) is 19.1 Å². The topological polar surface area (TPSA) is 102 Å². The number of hydrogen-bond acceptors (Lipinski definition) is 6. The molecule has 0 fully saturated rings. The monoisotopic (exact) mass is 289 g/mol. The van der Waals surface area contributed by atoms with Crippen molar-refractivity contribution < 1.29 is 29.0 Å². The van der Waals surface area contributed by atoms with Crippen LogP contribution in [0.1, 0.15) is 34.1 Å². The Kier molecular flexibility index (Phi) is 7.20. The maximum absolute atomic E-state index is 11.8. The van der Waals surface area contributed by atoms with Gasteiger partial charge in [0.25, 0.3) is 0 Å². The second-order valence-corrected chi connectivity index (χ2v) is 5.44. The summed E-state index contributed by atoms with van der Waals surface area (Å²) in [6.45, 7) is 6.11. The largest absolute Gasteiger partial charge is 0.469 e. The number of hydrogen-bond donors (Lipinski definition) is 2. The summed E-state index contributed by atoms with van der Waals surface area (Å²) in [5.74, 6) is -1.97. The van der Waals surface area contributed by atoms with E-state index in [9.17, 15) is 14.4 Å². The van der Waals surface area contributed by atoms with Gasteiger partial charge in [0.05, 0.1) is 25.7 Å². The van der Waals surface area contributed by atoms with E-state index in [-0.39, 0.29) is 12.2 Å². The molecule has 1 unspecified atom stereocenters. The molecule has 20 heavy (non-hydrogen) atoms. The van der Waals surface area contributed by atoms with E-state index in [1.807, 2.05) is 0 Å². The molecule has 0 aliphatic carbocycles. The van der Waals surface area contributed by atoms with Crippen LogP contribution in [0.4, 0.5) is 4.79 Å². The highest BCUT2D eigenvalue weighted by Gasteiger charge is 2.26. The molecule has 2 N–H and O–H groups in total. The predicted octanol–water partition coefficient (Wildman–Crippen LogP) is 0.640. The van der Waals surface area contributed by atoms with Crippen molar-refractivity contribution in [3.63, 3.8) is 0 Å². The van der Waals surface area contributed by atoms with E-state index >= 15 is 0 Å². The molecular formula is C13H23NO6. The molecule has 0 saturated carbocycles. The Morgan fingerprint density at radius 2 is 1.80 bits per heavy atom. The Balaban J connectivity index is 4.41. The summed E-state index contributed by atoms with van der Waals surface area (Å²) in [4.78, 5) is 34.6. The number of amides is 1. The minimum atomic E-state index is -0.921. The van der Waals surface area contributed by atoms with E-state index in [2.05, 4.69) is 10.1 Å². The smallest absolute Gasteiger partial charge is 0.408 e. The van der Waals surface area contributed by atoms with Crippen LogP contribution in [0.3, 0.4) is 0 Å². The number of carbonyl (C=O) groups is 3. The van der Waals surface area contributed by atoms with Crippen molar-refractivity contribution in [1.82, 2.24) is 5.32 Å². The van der Waals surface area contributed by atoms with Crippen LogP contribution >= 0.6 is 0 Å². The first-order chi connectivity index (χ1) is 9.10. The fraction of sp³-hybridized carbons (Fsp3) is 0.769. The van der Waals surface area contributed by atoms with Gasteiger partial charge in [0.2, 0.25) is 0 Å². The third-order valence-corrected chi connectivity index (χ3v) is 2.42. The highest BCUT2D eigenvalue weighted by Crippen LogP contribution is 2.09. The van der Waals surface area contributed by atoms with Gasteiger partial charge in [0.15, 0.2) is 5.78 Å². The lowest BCUT2D eigenvalue weighted by molar-refractivity contribution is -0.148. The maximum Gasteiger partial charge on any atom is 0.408 e. The second-order valence-electron chi connectivity index (χ2n) is 5.44. The van der Waals surface area contributed by atoms with Crippen molar-refractivity contribution in [1.29, 1.82) is 0 Å². The number of alkyl carbamates (subject to hydrolysis) is 1. The highest BCUT2D eigenvalue weighted by atomic mass is 16.6. The third-order valence-electron chi connectivity index (χ3n) is 2.42. The number of methoxy groups -OCH3 is 1. The van der Waals surface area contributed by atoms with Gasteiger partial charge in [-0.1, -0.05) is 0 Å². The molecular weight excluding hydrogens is 266 g/mol. The molecule has 0 aromatic heterocycles. The lowest BCUT2D eigenvalue weighted by atomic mass is 10.00. The number of carbonyl (C=O) groups excluding carboxylic acids is 3. The summed E-state index contributed by atoms with van der Waals surface area (Å²) in [5.41, 5.74) is -0.660. The van der Waals surface area contributed by atoms with Crippen molar-refractivity contribution in [3.05, 3.63) is 0 Å². The molecule has 0 rings (SSSR count). The Bertz CT molecular complexity index is 360. The van der Waals surface area contributed by atoms with Crippen molar-refractivity contribution in [3.8, 4) is 0 Å². The molecule has 7 nitrogen and oxygen atoms in total. The van der Waals surface area contributed by atoms with Gasteiger partial charge in [-0.05, 0) is 27.7 Å². The predicted molar refractivity (Wildman–Crippen MR) is 71.0 cm³/mol. The molecule has 7 heteroatoms. The second kappa shape index (κ2) is 7.84. The lowest BCUT2D eigenvalue weighted by Crippen LogP contribution is -2.42. The fourth-order valence-corrected chi connectivity index (χ4v) is 1.37. The standard InChI is InChI=1S/C13H23NO6/c1-8(14-12(18)20-13(2,3)4)10(16)6-9(7-15)11(17)19-5/h8-9,15H,6-7H2,1-5H3,(H,14,18)/t8-,9?/m1/s1. The van der Waals surface area contributed by atoms with Gasteiger partial charge in [-0.2, -0.15) is 0 Å². The van der Waals surface area contributed by atoms with E-state index in [4.69, 9.17) is 9.84 Å². The van der Waals surface area contributed by atoms with Gasteiger partial charge in [0, 0.05) is 6.42 Å². The number of esters is 1.